The number of ether oxygens (including phenoxy) is 3. The third kappa shape index (κ3) is 4.96. The van der Waals surface area contributed by atoms with Crippen LogP contribution in [0.5, 0.6) is 17.2 Å². The van der Waals surface area contributed by atoms with Crippen LogP contribution in [0.25, 0.3) is 0 Å². The van der Waals surface area contributed by atoms with Crippen LogP contribution in [-0.2, 0) is 11.3 Å². The Morgan fingerprint density at radius 1 is 1.09 bits per heavy atom. The summed E-state index contributed by atoms with van der Waals surface area (Å²) in [6.07, 6.45) is 0. The van der Waals surface area contributed by atoms with Gasteiger partial charge in [-0.15, -0.1) is 12.4 Å². The minimum Gasteiger partial charge on any atom is -0.496 e. The number of hydrogen-bond donors (Lipinski definition) is 2. The van der Waals surface area contributed by atoms with Crippen molar-refractivity contribution in [1.29, 1.82) is 0 Å². The summed E-state index contributed by atoms with van der Waals surface area (Å²) in [7, 11) is 4.67. The Morgan fingerprint density at radius 2 is 1.59 bits per heavy atom. The van der Waals surface area contributed by atoms with Gasteiger partial charge >= 0.3 is 0 Å². The quantitative estimate of drug-likeness (QED) is 0.794. The number of benzene rings is 1. The molecule has 1 atom stereocenters. The fourth-order valence-corrected chi connectivity index (χ4v) is 1.83. The van der Waals surface area contributed by atoms with Gasteiger partial charge in [0.2, 0.25) is 5.91 Å². The van der Waals surface area contributed by atoms with E-state index in [4.69, 9.17) is 19.9 Å². The second-order valence-corrected chi connectivity index (χ2v) is 5.01. The molecule has 0 unspecified atom stereocenters. The van der Waals surface area contributed by atoms with Gasteiger partial charge in [-0.25, -0.2) is 0 Å². The van der Waals surface area contributed by atoms with Gasteiger partial charge in [-0.2, -0.15) is 0 Å². The van der Waals surface area contributed by atoms with Gasteiger partial charge in [0.25, 0.3) is 0 Å². The number of hydrogen-bond acceptors (Lipinski definition) is 5. The summed E-state index contributed by atoms with van der Waals surface area (Å²) in [6, 6.07) is 2.97. The van der Waals surface area contributed by atoms with E-state index in [0.29, 0.717) is 23.8 Å². The zero-order valence-corrected chi connectivity index (χ0v) is 14.5. The smallest absolute Gasteiger partial charge is 0.237 e. The van der Waals surface area contributed by atoms with Crippen LogP contribution in [0.2, 0.25) is 0 Å². The molecule has 3 N–H and O–H groups in total. The number of carbonyl (C=O) groups is 1. The summed E-state index contributed by atoms with van der Waals surface area (Å²) in [5.74, 6) is 1.66. The van der Waals surface area contributed by atoms with E-state index in [1.165, 1.54) is 0 Å². The Balaban J connectivity index is 0.00000441. The maximum Gasteiger partial charge on any atom is 0.237 e. The van der Waals surface area contributed by atoms with E-state index in [2.05, 4.69) is 5.32 Å². The lowest BCUT2D eigenvalue weighted by Crippen LogP contribution is -2.43. The number of nitrogens with two attached hydrogens (primary N) is 1. The van der Waals surface area contributed by atoms with Gasteiger partial charge < -0.3 is 25.3 Å². The van der Waals surface area contributed by atoms with E-state index in [0.717, 1.165) is 5.56 Å². The monoisotopic (exact) mass is 332 g/mol. The van der Waals surface area contributed by atoms with Crippen LogP contribution in [0.1, 0.15) is 19.4 Å². The molecule has 1 aromatic rings. The zero-order chi connectivity index (χ0) is 16.0. The van der Waals surface area contributed by atoms with Gasteiger partial charge in [0, 0.05) is 18.2 Å². The van der Waals surface area contributed by atoms with Gasteiger partial charge in [0.1, 0.15) is 5.75 Å². The number of rotatable bonds is 7. The predicted octanol–water partition coefficient (Wildman–Crippen LogP) is 1.73. The Hall–Kier alpha value is -1.66. The number of carbonyl (C=O) groups excluding carboxylic acids is 1. The molecule has 0 aliphatic carbocycles. The summed E-state index contributed by atoms with van der Waals surface area (Å²) < 4.78 is 15.8. The minimum atomic E-state index is -0.531. The van der Waals surface area contributed by atoms with Crippen LogP contribution >= 0.6 is 12.4 Å². The number of amides is 1. The number of halogens is 1. The highest BCUT2D eigenvalue weighted by molar-refractivity contribution is 5.85. The molecule has 0 fully saturated rings. The first kappa shape index (κ1) is 20.3. The van der Waals surface area contributed by atoms with Crippen molar-refractivity contribution in [1.82, 2.24) is 5.32 Å². The van der Waals surface area contributed by atoms with Crippen LogP contribution in [0.3, 0.4) is 0 Å². The molecule has 1 aromatic carbocycles. The second-order valence-electron chi connectivity index (χ2n) is 5.01. The lowest BCUT2D eigenvalue weighted by molar-refractivity contribution is -0.123. The van der Waals surface area contributed by atoms with Gasteiger partial charge in [-0.3, -0.25) is 4.79 Å². The molecule has 22 heavy (non-hydrogen) atoms. The summed E-state index contributed by atoms with van der Waals surface area (Å²) in [4.78, 5) is 11.9. The Labute approximate surface area is 137 Å². The van der Waals surface area contributed by atoms with Gasteiger partial charge in [0.15, 0.2) is 11.5 Å². The lowest BCUT2D eigenvalue weighted by Gasteiger charge is -2.17. The van der Waals surface area contributed by atoms with Crippen molar-refractivity contribution in [2.45, 2.75) is 26.4 Å². The molecule has 1 rings (SSSR count). The van der Waals surface area contributed by atoms with E-state index >= 15 is 0 Å². The van der Waals surface area contributed by atoms with Crippen LogP contribution < -0.4 is 25.3 Å². The number of methoxy groups -OCH3 is 3. The molecule has 0 aromatic heterocycles. The highest BCUT2D eigenvalue weighted by Gasteiger charge is 2.18. The maximum atomic E-state index is 11.9. The van der Waals surface area contributed by atoms with E-state index < -0.39 is 6.04 Å². The molecule has 0 saturated carbocycles. The fourth-order valence-electron chi connectivity index (χ4n) is 1.83. The summed E-state index contributed by atoms with van der Waals surface area (Å²) in [5, 5.41) is 2.80. The van der Waals surface area contributed by atoms with E-state index in [9.17, 15) is 4.79 Å². The zero-order valence-electron chi connectivity index (χ0n) is 13.6. The van der Waals surface area contributed by atoms with Crippen molar-refractivity contribution in [3.05, 3.63) is 17.7 Å². The third-order valence-electron chi connectivity index (χ3n) is 3.26. The largest absolute Gasteiger partial charge is 0.496 e. The van der Waals surface area contributed by atoms with Crippen molar-refractivity contribution in [3.8, 4) is 17.2 Å². The topological polar surface area (TPSA) is 82.8 Å². The molecule has 0 radical (unpaired) electrons. The average Bonchev–Trinajstić information content (AvgIpc) is 2.50. The SMILES string of the molecule is COc1cc(OC)c(OC)cc1CNC(=O)[C@H](N)C(C)C.Cl. The summed E-state index contributed by atoms with van der Waals surface area (Å²) >= 11 is 0. The van der Waals surface area contributed by atoms with E-state index in [-0.39, 0.29) is 24.2 Å². The molecule has 7 heteroatoms. The van der Waals surface area contributed by atoms with Gasteiger partial charge in [-0.05, 0) is 12.0 Å². The molecule has 0 heterocycles. The highest BCUT2D eigenvalue weighted by atomic mass is 35.5. The van der Waals surface area contributed by atoms with Crippen molar-refractivity contribution >= 4 is 18.3 Å². The molecule has 126 valence electrons. The molecule has 1 amide bonds. The van der Waals surface area contributed by atoms with Gasteiger partial charge in [0.05, 0.1) is 27.4 Å². The fraction of sp³-hybridized carbons (Fsp3) is 0.533. The number of nitrogens with one attached hydrogen (secondary N) is 1. The first-order valence-electron chi connectivity index (χ1n) is 6.76. The first-order chi connectivity index (χ1) is 9.94. The highest BCUT2D eigenvalue weighted by Crippen LogP contribution is 2.34. The van der Waals surface area contributed by atoms with Crippen LogP contribution in [-0.4, -0.2) is 33.3 Å². The second kappa shape index (κ2) is 9.38. The lowest BCUT2D eigenvalue weighted by atomic mass is 10.0. The van der Waals surface area contributed by atoms with E-state index in [1.807, 2.05) is 13.8 Å². The van der Waals surface area contributed by atoms with E-state index in [1.54, 1.807) is 33.5 Å². The molecular weight excluding hydrogens is 308 g/mol. The Kier molecular flexibility index (Phi) is 8.67. The molecular formula is C15H25ClN2O4. The third-order valence-corrected chi connectivity index (χ3v) is 3.26. The van der Waals surface area contributed by atoms with Crippen molar-refractivity contribution in [2.24, 2.45) is 11.7 Å². The maximum absolute atomic E-state index is 11.9. The van der Waals surface area contributed by atoms with Crippen molar-refractivity contribution in [2.75, 3.05) is 21.3 Å². The minimum absolute atomic E-state index is 0. The summed E-state index contributed by atoms with van der Waals surface area (Å²) in [5.41, 5.74) is 6.60. The molecule has 0 spiro atoms. The van der Waals surface area contributed by atoms with Crippen LogP contribution in [0.4, 0.5) is 0 Å². The van der Waals surface area contributed by atoms with Crippen LogP contribution in [0, 0.1) is 5.92 Å². The normalized spacial score (nSPS) is 11.4. The standard InChI is InChI=1S/C15H24N2O4.ClH/c1-9(2)14(16)15(18)17-8-10-6-12(20-4)13(21-5)7-11(10)19-3;/h6-7,9,14H,8,16H2,1-5H3,(H,17,18);1H/t14-;/m1./s1. The molecule has 0 bridgehead atoms. The van der Waals surface area contributed by atoms with Crippen LogP contribution in [0.15, 0.2) is 12.1 Å². The first-order valence-corrected chi connectivity index (χ1v) is 6.76. The molecule has 0 aliphatic heterocycles. The summed E-state index contributed by atoms with van der Waals surface area (Å²) in [6.45, 7) is 4.12. The molecule has 0 saturated heterocycles. The predicted molar refractivity (Wildman–Crippen MR) is 88.0 cm³/mol. The Bertz CT molecular complexity index is 495. The Morgan fingerprint density at radius 3 is 2.05 bits per heavy atom. The van der Waals surface area contributed by atoms with Crippen molar-refractivity contribution < 1.29 is 19.0 Å². The van der Waals surface area contributed by atoms with Gasteiger partial charge in [-0.1, -0.05) is 13.8 Å². The average molecular weight is 333 g/mol. The molecule has 6 nitrogen and oxygen atoms in total. The molecule has 0 aliphatic rings. The van der Waals surface area contributed by atoms with Crippen molar-refractivity contribution in [3.63, 3.8) is 0 Å².